The number of carbonyl (C=O) groups is 2. The van der Waals surface area contributed by atoms with Crippen LogP contribution < -0.4 is 4.74 Å². The van der Waals surface area contributed by atoms with E-state index in [1.54, 1.807) is 19.2 Å². The van der Waals surface area contributed by atoms with Gasteiger partial charge in [-0.3, -0.25) is 4.79 Å². The summed E-state index contributed by atoms with van der Waals surface area (Å²) in [4.78, 5) is 21.9. The first kappa shape index (κ1) is 12.2. The molecule has 0 aliphatic rings. The van der Waals surface area contributed by atoms with Crippen molar-refractivity contribution in [2.45, 2.75) is 6.42 Å². The third-order valence-electron chi connectivity index (χ3n) is 2.28. The Morgan fingerprint density at radius 2 is 1.94 bits per heavy atom. The summed E-state index contributed by atoms with van der Waals surface area (Å²) < 4.78 is 9.53. The maximum absolute atomic E-state index is 11.2. The monoisotopic (exact) mass is 222 g/mol. The Balaban J connectivity index is 2.70. The van der Waals surface area contributed by atoms with Gasteiger partial charge in [0.2, 0.25) is 0 Å². The Hall–Kier alpha value is -1.84. The summed E-state index contributed by atoms with van der Waals surface area (Å²) >= 11 is 0. The highest BCUT2D eigenvalue weighted by Crippen LogP contribution is 2.14. The maximum atomic E-state index is 11.2. The molecular weight excluding hydrogens is 208 g/mol. The van der Waals surface area contributed by atoms with Crippen LogP contribution in [-0.2, 0) is 20.7 Å². The quantitative estimate of drug-likeness (QED) is 0.427. The van der Waals surface area contributed by atoms with Crippen LogP contribution in [-0.4, -0.2) is 26.5 Å². The molecule has 1 aromatic carbocycles. The molecule has 86 valence electrons. The molecule has 0 radical (unpaired) electrons. The van der Waals surface area contributed by atoms with E-state index in [1.165, 1.54) is 7.11 Å². The second-order valence-corrected chi connectivity index (χ2v) is 3.32. The highest BCUT2D eigenvalue weighted by molar-refractivity contribution is 5.87. The molecule has 4 heteroatoms. The smallest absolute Gasteiger partial charge is 0.316 e. The molecule has 0 saturated carbocycles. The molecule has 1 atom stereocenters. The third-order valence-corrected chi connectivity index (χ3v) is 2.28. The van der Waals surface area contributed by atoms with Crippen molar-refractivity contribution in [1.82, 2.24) is 0 Å². The van der Waals surface area contributed by atoms with Crippen molar-refractivity contribution >= 4 is 12.3 Å². The fourth-order valence-electron chi connectivity index (χ4n) is 1.35. The molecule has 0 saturated heterocycles. The molecule has 1 aromatic rings. The molecule has 0 aliphatic heterocycles. The lowest BCUT2D eigenvalue weighted by atomic mass is 10.0. The van der Waals surface area contributed by atoms with E-state index in [-0.39, 0.29) is 0 Å². The van der Waals surface area contributed by atoms with Crippen LogP contribution in [0.3, 0.4) is 0 Å². The number of hydrogen-bond donors (Lipinski definition) is 0. The molecule has 1 unspecified atom stereocenters. The number of esters is 1. The minimum Gasteiger partial charge on any atom is -0.497 e. The number of methoxy groups -OCH3 is 2. The predicted octanol–water partition coefficient (Wildman–Crippen LogP) is 1.23. The SMILES string of the molecule is COC(=O)C(C=O)Cc1ccc(OC)cc1. The van der Waals surface area contributed by atoms with Crippen LogP contribution >= 0.6 is 0 Å². The molecule has 0 aromatic heterocycles. The van der Waals surface area contributed by atoms with E-state index < -0.39 is 11.9 Å². The summed E-state index contributed by atoms with van der Waals surface area (Å²) in [6.45, 7) is 0. The van der Waals surface area contributed by atoms with E-state index in [0.717, 1.165) is 11.3 Å². The summed E-state index contributed by atoms with van der Waals surface area (Å²) in [6.07, 6.45) is 0.955. The van der Waals surface area contributed by atoms with E-state index in [0.29, 0.717) is 12.7 Å². The van der Waals surface area contributed by atoms with Crippen LogP contribution in [0.15, 0.2) is 24.3 Å². The zero-order valence-electron chi connectivity index (χ0n) is 9.30. The van der Waals surface area contributed by atoms with Gasteiger partial charge < -0.3 is 14.3 Å². The van der Waals surface area contributed by atoms with Crippen LogP contribution in [0, 0.1) is 5.92 Å². The van der Waals surface area contributed by atoms with Crippen LogP contribution in [0.5, 0.6) is 5.75 Å². The van der Waals surface area contributed by atoms with Gasteiger partial charge in [-0.2, -0.15) is 0 Å². The number of ether oxygens (including phenoxy) is 2. The highest BCUT2D eigenvalue weighted by atomic mass is 16.5. The van der Waals surface area contributed by atoms with Gasteiger partial charge in [-0.25, -0.2) is 0 Å². The van der Waals surface area contributed by atoms with E-state index in [1.807, 2.05) is 12.1 Å². The van der Waals surface area contributed by atoms with Crippen LogP contribution in [0.2, 0.25) is 0 Å². The number of aldehydes is 1. The molecule has 0 spiro atoms. The Bertz CT molecular complexity index is 356. The maximum Gasteiger partial charge on any atom is 0.316 e. The van der Waals surface area contributed by atoms with Crippen LogP contribution in [0.1, 0.15) is 5.56 Å². The summed E-state index contributed by atoms with van der Waals surface area (Å²) in [5.74, 6) is -0.506. The number of hydrogen-bond acceptors (Lipinski definition) is 4. The second-order valence-electron chi connectivity index (χ2n) is 3.32. The van der Waals surface area contributed by atoms with Gasteiger partial charge in [-0.05, 0) is 24.1 Å². The van der Waals surface area contributed by atoms with E-state index in [2.05, 4.69) is 4.74 Å². The largest absolute Gasteiger partial charge is 0.497 e. The lowest BCUT2D eigenvalue weighted by molar-refractivity contribution is -0.146. The van der Waals surface area contributed by atoms with Crippen molar-refractivity contribution in [3.63, 3.8) is 0 Å². The summed E-state index contributed by atoms with van der Waals surface area (Å²) in [6, 6.07) is 7.21. The number of carbonyl (C=O) groups excluding carboxylic acids is 2. The van der Waals surface area contributed by atoms with Gasteiger partial charge in [-0.15, -0.1) is 0 Å². The number of benzene rings is 1. The molecule has 0 N–H and O–H groups in total. The van der Waals surface area contributed by atoms with Crippen molar-refractivity contribution in [3.05, 3.63) is 29.8 Å². The molecule has 0 aliphatic carbocycles. The van der Waals surface area contributed by atoms with Crippen LogP contribution in [0.25, 0.3) is 0 Å². The molecule has 0 heterocycles. The first-order valence-corrected chi connectivity index (χ1v) is 4.87. The molecular formula is C12H14O4. The zero-order chi connectivity index (χ0) is 12.0. The van der Waals surface area contributed by atoms with E-state index >= 15 is 0 Å². The molecule has 16 heavy (non-hydrogen) atoms. The molecule has 1 rings (SSSR count). The van der Waals surface area contributed by atoms with Gasteiger partial charge in [0.25, 0.3) is 0 Å². The summed E-state index contributed by atoms with van der Waals surface area (Å²) in [5.41, 5.74) is 0.892. The molecule has 0 fully saturated rings. The van der Waals surface area contributed by atoms with Gasteiger partial charge in [0.15, 0.2) is 0 Å². The van der Waals surface area contributed by atoms with Gasteiger partial charge in [0.05, 0.1) is 14.2 Å². The van der Waals surface area contributed by atoms with E-state index in [9.17, 15) is 9.59 Å². The lowest BCUT2D eigenvalue weighted by Crippen LogP contribution is -2.19. The van der Waals surface area contributed by atoms with Crippen molar-refractivity contribution in [2.24, 2.45) is 5.92 Å². The Kier molecular flexibility index (Phi) is 4.51. The van der Waals surface area contributed by atoms with Crippen molar-refractivity contribution in [1.29, 1.82) is 0 Å². The predicted molar refractivity (Wildman–Crippen MR) is 58.3 cm³/mol. The van der Waals surface area contributed by atoms with Crippen molar-refractivity contribution in [3.8, 4) is 5.75 Å². The first-order valence-electron chi connectivity index (χ1n) is 4.87. The van der Waals surface area contributed by atoms with Crippen molar-refractivity contribution < 1.29 is 19.1 Å². The van der Waals surface area contributed by atoms with Gasteiger partial charge in [-0.1, -0.05) is 12.1 Å². The minimum atomic E-state index is -0.738. The lowest BCUT2D eigenvalue weighted by Gasteiger charge is -2.08. The van der Waals surface area contributed by atoms with Crippen LogP contribution in [0.4, 0.5) is 0 Å². The topological polar surface area (TPSA) is 52.6 Å². The van der Waals surface area contributed by atoms with Gasteiger partial charge >= 0.3 is 5.97 Å². The van der Waals surface area contributed by atoms with Crippen molar-refractivity contribution in [2.75, 3.05) is 14.2 Å². The summed E-state index contributed by atoms with van der Waals surface area (Å²) in [5, 5.41) is 0. The molecule has 4 nitrogen and oxygen atoms in total. The minimum absolute atomic E-state index is 0.347. The van der Waals surface area contributed by atoms with Gasteiger partial charge in [0, 0.05) is 0 Å². The average Bonchev–Trinajstić information content (AvgIpc) is 2.35. The Morgan fingerprint density at radius 3 is 2.38 bits per heavy atom. The second kappa shape index (κ2) is 5.90. The Labute approximate surface area is 94.2 Å². The Morgan fingerprint density at radius 1 is 1.31 bits per heavy atom. The average molecular weight is 222 g/mol. The highest BCUT2D eigenvalue weighted by Gasteiger charge is 2.18. The third kappa shape index (κ3) is 3.08. The summed E-state index contributed by atoms with van der Waals surface area (Å²) in [7, 11) is 2.85. The molecule has 0 bridgehead atoms. The van der Waals surface area contributed by atoms with E-state index in [4.69, 9.17) is 4.74 Å². The normalized spacial score (nSPS) is 11.6. The fraction of sp³-hybridized carbons (Fsp3) is 0.333. The molecule has 0 amide bonds. The fourth-order valence-corrected chi connectivity index (χ4v) is 1.35. The standard InChI is InChI=1S/C12H14O4/c1-15-11-5-3-9(4-6-11)7-10(8-13)12(14)16-2/h3-6,8,10H,7H2,1-2H3. The van der Waals surface area contributed by atoms with Gasteiger partial charge in [0.1, 0.15) is 18.0 Å². The number of rotatable bonds is 5. The first-order chi connectivity index (χ1) is 7.71. The zero-order valence-corrected chi connectivity index (χ0v) is 9.30.